The lowest BCUT2D eigenvalue weighted by atomic mass is 10.2. The molecule has 0 N–H and O–H groups in total. The van der Waals surface area contributed by atoms with E-state index in [4.69, 9.17) is 18.5 Å². The maximum Gasteiger partial charge on any atom is 0.338 e. The fourth-order valence-electron chi connectivity index (χ4n) is 2.37. The van der Waals surface area contributed by atoms with E-state index in [1.807, 2.05) is 21.1 Å². The van der Waals surface area contributed by atoms with Crippen LogP contribution in [0, 0.1) is 0 Å². The van der Waals surface area contributed by atoms with Gasteiger partial charge in [-0.15, -0.1) is 0 Å². The molecule has 0 bridgehead atoms. The maximum atomic E-state index is 12.4. The number of ether oxygens (including phenoxy) is 2. The van der Waals surface area contributed by atoms with E-state index in [2.05, 4.69) is 0 Å². The average molecular weight is 465 g/mol. The largest absolute Gasteiger partial charge is 0.756 e. The van der Waals surface area contributed by atoms with Gasteiger partial charge in [0.05, 0.1) is 38.9 Å². The molecule has 0 saturated heterocycles. The Morgan fingerprint density at radius 2 is 1.41 bits per heavy atom. The van der Waals surface area contributed by atoms with Gasteiger partial charge in [0.25, 0.3) is 7.82 Å². The van der Waals surface area contributed by atoms with Crippen LogP contribution in [0.15, 0.2) is 60.7 Å². The van der Waals surface area contributed by atoms with Crippen molar-refractivity contribution in [2.45, 2.75) is 6.10 Å². The molecule has 0 heterocycles. The molecule has 2 rings (SSSR count). The lowest BCUT2D eigenvalue weighted by molar-refractivity contribution is -0.870. The van der Waals surface area contributed by atoms with E-state index in [1.165, 1.54) is 0 Å². The van der Waals surface area contributed by atoms with Gasteiger partial charge in [0.2, 0.25) is 0 Å². The highest BCUT2D eigenvalue weighted by molar-refractivity contribution is 7.45. The van der Waals surface area contributed by atoms with Crippen LogP contribution in [0.3, 0.4) is 0 Å². The number of phosphoric acid groups is 1. The number of quaternary nitrogens is 1. The third-order valence-electron chi connectivity index (χ3n) is 4.12. The summed E-state index contributed by atoms with van der Waals surface area (Å²) in [7, 11) is 1.02. The van der Waals surface area contributed by atoms with Gasteiger partial charge in [0, 0.05) is 0 Å². The van der Waals surface area contributed by atoms with Crippen LogP contribution in [0.25, 0.3) is 0 Å². The Hall–Kier alpha value is -2.55. The van der Waals surface area contributed by atoms with E-state index in [0.717, 1.165) is 0 Å². The van der Waals surface area contributed by atoms with Crippen molar-refractivity contribution in [1.29, 1.82) is 0 Å². The number of likely N-dealkylation sites (N-methyl/N-ethyl adjacent to an activating group) is 1. The Morgan fingerprint density at radius 1 is 0.875 bits per heavy atom. The van der Waals surface area contributed by atoms with Crippen LogP contribution in [0.4, 0.5) is 0 Å². The third kappa shape index (κ3) is 9.72. The molecule has 0 spiro atoms. The second-order valence-electron chi connectivity index (χ2n) is 7.95. The second kappa shape index (κ2) is 11.9. The summed E-state index contributed by atoms with van der Waals surface area (Å²) in [5.41, 5.74) is 0.566. The van der Waals surface area contributed by atoms with Crippen molar-refractivity contribution < 1.29 is 42.1 Å². The van der Waals surface area contributed by atoms with Crippen molar-refractivity contribution in [2.24, 2.45) is 0 Å². The van der Waals surface area contributed by atoms with Crippen LogP contribution in [0.1, 0.15) is 20.7 Å². The van der Waals surface area contributed by atoms with Gasteiger partial charge in [-0.25, -0.2) is 9.59 Å². The zero-order chi connectivity index (χ0) is 23.6. The van der Waals surface area contributed by atoms with Gasteiger partial charge in [-0.3, -0.25) is 4.57 Å². The summed E-state index contributed by atoms with van der Waals surface area (Å²) in [4.78, 5) is 36.6. The summed E-state index contributed by atoms with van der Waals surface area (Å²) in [6, 6.07) is 16.4. The predicted octanol–water partition coefficient (Wildman–Crippen LogP) is 2.28. The third-order valence-corrected chi connectivity index (χ3v) is 5.09. The SMILES string of the molecule is C[N+](C)(C)CCOP(=O)([O-])OC[C@@H](COC(=O)c1ccccc1)OC(=O)c1ccccc1. The summed E-state index contributed by atoms with van der Waals surface area (Å²) < 4.78 is 32.8. The van der Waals surface area contributed by atoms with E-state index < -0.39 is 39.1 Å². The van der Waals surface area contributed by atoms with Crippen LogP contribution in [-0.4, -0.2) is 70.0 Å². The minimum atomic E-state index is -4.65. The molecule has 10 heteroatoms. The molecule has 0 saturated carbocycles. The Morgan fingerprint density at radius 3 is 1.94 bits per heavy atom. The number of hydrogen-bond acceptors (Lipinski definition) is 8. The first-order chi connectivity index (χ1) is 15.1. The van der Waals surface area contributed by atoms with Gasteiger partial charge in [0.1, 0.15) is 19.8 Å². The van der Waals surface area contributed by atoms with Crippen molar-refractivity contribution in [3.63, 3.8) is 0 Å². The molecule has 0 aliphatic carbocycles. The van der Waals surface area contributed by atoms with Crippen molar-refractivity contribution in [3.05, 3.63) is 71.8 Å². The Kier molecular flexibility index (Phi) is 9.56. The van der Waals surface area contributed by atoms with Crippen LogP contribution in [0.2, 0.25) is 0 Å². The first kappa shape index (κ1) is 25.7. The molecule has 0 radical (unpaired) electrons. The fraction of sp³-hybridized carbons (Fsp3) is 0.364. The molecule has 9 nitrogen and oxygen atoms in total. The number of rotatable bonds is 12. The normalized spacial score (nSPS) is 14.2. The number of benzene rings is 2. The highest BCUT2D eigenvalue weighted by Gasteiger charge is 2.22. The molecule has 2 atom stereocenters. The Labute approximate surface area is 187 Å². The molecule has 0 amide bonds. The van der Waals surface area contributed by atoms with Gasteiger partial charge in [-0.2, -0.15) is 0 Å². The number of nitrogens with zero attached hydrogens (tertiary/aromatic N) is 1. The minimum Gasteiger partial charge on any atom is -0.756 e. The zero-order valence-corrected chi connectivity index (χ0v) is 19.2. The summed E-state index contributed by atoms with van der Waals surface area (Å²) in [5.74, 6) is -1.35. The van der Waals surface area contributed by atoms with Crippen molar-refractivity contribution in [3.8, 4) is 0 Å². The van der Waals surface area contributed by atoms with Gasteiger partial charge in [-0.05, 0) is 24.3 Å². The Bertz CT molecular complexity index is 915. The minimum absolute atomic E-state index is 0.0677. The highest BCUT2D eigenvalue weighted by atomic mass is 31.2. The molecule has 32 heavy (non-hydrogen) atoms. The van der Waals surface area contributed by atoms with E-state index in [-0.39, 0.29) is 12.2 Å². The Balaban J connectivity index is 1.98. The van der Waals surface area contributed by atoms with E-state index in [9.17, 15) is 19.0 Å². The topological polar surface area (TPSA) is 111 Å². The number of carbonyl (C=O) groups is 2. The van der Waals surface area contributed by atoms with Crippen molar-refractivity contribution in [2.75, 3.05) is 47.5 Å². The summed E-state index contributed by atoms with van der Waals surface area (Å²) in [6.45, 7) is -0.588. The van der Waals surface area contributed by atoms with Gasteiger partial charge < -0.3 is 27.9 Å². The predicted molar refractivity (Wildman–Crippen MR) is 115 cm³/mol. The zero-order valence-electron chi connectivity index (χ0n) is 18.3. The lowest BCUT2D eigenvalue weighted by Gasteiger charge is -2.28. The molecule has 174 valence electrons. The van der Waals surface area contributed by atoms with Gasteiger partial charge in [0.15, 0.2) is 6.10 Å². The quantitative estimate of drug-likeness (QED) is 0.267. The van der Waals surface area contributed by atoms with Gasteiger partial charge >= 0.3 is 11.9 Å². The van der Waals surface area contributed by atoms with E-state index in [0.29, 0.717) is 16.6 Å². The summed E-state index contributed by atoms with van der Waals surface area (Å²) in [6.07, 6.45) is -1.17. The molecular formula is C22H28NO8P. The molecule has 0 aliphatic rings. The monoisotopic (exact) mass is 465 g/mol. The molecule has 2 aromatic rings. The molecular weight excluding hydrogens is 437 g/mol. The highest BCUT2D eigenvalue weighted by Crippen LogP contribution is 2.38. The molecule has 0 aliphatic heterocycles. The first-order valence-electron chi connectivity index (χ1n) is 9.94. The van der Waals surface area contributed by atoms with Crippen LogP contribution in [0.5, 0.6) is 0 Å². The lowest BCUT2D eigenvalue weighted by Crippen LogP contribution is -2.37. The second-order valence-corrected chi connectivity index (χ2v) is 9.36. The van der Waals surface area contributed by atoms with E-state index >= 15 is 0 Å². The smallest absolute Gasteiger partial charge is 0.338 e. The molecule has 2 aromatic carbocycles. The average Bonchev–Trinajstić information content (AvgIpc) is 2.75. The fourth-order valence-corrected chi connectivity index (χ4v) is 3.10. The van der Waals surface area contributed by atoms with Crippen LogP contribution >= 0.6 is 7.82 Å². The number of hydrogen-bond donors (Lipinski definition) is 0. The van der Waals surface area contributed by atoms with Crippen molar-refractivity contribution in [1.82, 2.24) is 0 Å². The van der Waals surface area contributed by atoms with Crippen LogP contribution in [-0.2, 0) is 23.1 Å². The maximum absolute atomic E-state index is 12.4. The molecule has 0 aromatic heterocycles. The number of carbonyl (C=O) groups excluding carboxylic acids is 2. The van der Waals surface area contributed by atoms with Gasteiger partial charge in [-0.1, -0.05) is 36.4 Å². The summed E-state index contributed by atoms with van der Waals surface area (Å²) in [5, 5.41) is 0. The van der Waals surface area contributed by atoms with Crippen molar-refractivity contribution >= 4 is 19.8 Å². The molecule has 1 unspecified atom stereocenters. The van der Waals surface area contributed by atoms with Crippen LogP contribution < -0.4 is 4.89 Å². The number of esters is 2. The standard InChI is InChI=1S/C22H28NO8P/c1-23(2,3)14-15-29-32(26,27)30-17-20(31-22(25)19-12-8-5-9-13-19)16-28-21(24)18-10-6-4-7-11-18/h4-13,20H,14-17H2,1-3H3/t20-/m1/s1. The molecule has 0 fully saturated rings. The summed E-state index contributed by atoms with van der Waals surface area (Å²) >= 11 is 0. The first-order valence-corrected chi connectivity index (χ1v) is 11.4. The van der Waals surface area contributed by atoms with E-state index in [1.54, 1.807) is 60.7 Å². The number of phosphoric ester groups is 1.